The lowest BCUT2D eigenvalue weighted by atomic mass is 9.93. The van der Waals surface area contributed by atoms with Crippen molar-refractivity contribution in [1.82, 2.24) is 15.0 Å². The van der Waals surface area contributed by atoms with Gasteiger partial charge in [0.25, 0.3) is 0 Å². The number of aromatic nitrogens is 3. The van der Waals surface area contributed by atoms with Crippen LogP contribution in [0.15, 0.2) is 173 Å². The quantitative estimate of drug-likeness (QED) is 0.187. The third-order valence-corrected chi connectivity index (χ3v) is 10.1. The van der Waals surface area contributed by atoms with Gasteiger partial charge in [0.1, 0.15) is 22.3 Å². The highest BCUT2D eigenvalue weighted by Gasteiger charge is 2.24. The van der Waals surface area contributed by atoms with Gasteiger partial charge >= 0.3 is 0 Å². The van der Waals surface area contributed by atoms with Gasteiger partial charge in [-0.3, -0.25) is 0 Å². The smallest absolute Gasteiger partial charge is 0.167 e. The maximum atomic E-state index is 6.62. The van der Waals surface area contributed by atoms with Crippen molar-refractivity contribution in [3.8, 4) is 45.3 Å². The minimum Gasteiger partial charge on any atom is -0.456 e. The highest BCUT2D eigenvalue weighted by molar-refractivity contribution is 6.18. The van der Waals surface area contributed by atoms with E-state index in [4.69, 9.17) is 23.8 Å². The lowest BCUT2D eigenvalue weighted by molar-refractivity contribution is 0.669. The summed E-state index contributed by atoms with van der Waals surface area (Å²) < 4.78 is 13.1. The Morgan fingerprint density at radius 3 is 1.90 bits per heavy atom. The Kier molecular flexibility index (Phi) is 6.18. The number of nitrogens with zero attached hydrogens (tertiary/aromatic N) is 3. The minimum absolute atomic E-state index is 0.535. The number of hydrogen-bond donors (Lipinski definition) is 0. The summed E-state index contributed by atoms with van der Waals surface area (Å²) in [5.41, 5.74) is 7.81. The average Bonchev–Trinajstić information content (AvgIpc) is 3.77. The van der Waals surface area contributed by atoms with E-state index in [-0.39, 0.29) is 0 Å². The van der Waals surface area contributed by atoms with Crippen molar-refractivity contribution in [2.24, 2.45) is 0 Å². The molecule has 0 aliphatic rings. The van der Waals surface area contributed by atoms with Gasteiger partial charge in [-0.25, -0.2) is 15.0 Å². The van der Waals surface area contributed by atoms with Crippen molar-refractivity contribution >= 4 is 65.4 Å². The number of fused-ring (bicyclic) bond motifs is 8. The molecule has 5 heteroatoms. The standard InChI is InChI=1S/C47H27N3O2/c1-2-12-29(13-3-1)45-48-46(37-19-10-18-36-35-17-8-9-20-39(35)52-44(36)37)50-47(49-45)43-34(33-22-21-28-11-4-5-14-30(28)25-33)23-24-40-42(43)38-26-31-15-6-7-16-32(31)27-41(38)51-40/h1-27H. The molecular weight excluding hydrogens is 639 g/mol. The molecule has 0 spiro atoms. The van der Waals surface area contributed by atoms with E-state index in [9.17, 15) is 0 Å². The first kappa shape index (κ1) is 28.7. The fourth-order valence-electron chi connectivity index (χ4n) is 7.63. The predicted molar refractivity (Wildman–Crippen MR) is 211 cm³/mol. The highest BCUT2D eigenvalue weighted by atomic mass is 16.3. The molecule has 0 radical (unpaired) electrons. The first-order valence-electron chi connectivity index (χ1n) is 17.3. The fourth-order valence-corrected chi connectivity index (χ4v) is 7.63. The van der Waals surface area contributed by atoms with E-state index in [1.165, 1.54) is 5.39 Å². The van der Waals surface area contributed by atoms with Crippen LogP contribution in [0.1, 0.15) is 0 Å². The van der Waals surface area contributed by atoms with Gasteiger partial charge in [-0.1, -0.05) is 121 Å². The Hall–Kier alpha value is -7.11. The Balaban J connectivity index is 1.26. The average molecular weight is 666 g/mol. The van der Waals surface area contributed by atoms with Crippen LogP contribution in [0.4, 0.5) is 0 Å². The molecule has 8 aromatic carbocycles. The zero-order chi connectivity index (χ0) is 34.2. The van der Waals surface area contributed by atoms with Crippen LogP contribution < -0.4 is 0 Å². The number of rotatable bonds is 4. The van der Waals surface area contributed by atoms with Crippen LogP contribution in [0, 0.1) is 0 Å². The molecule has 0 atom stereocenters. The van der Waals surface area contributed by atoms with E-state index < -0.39 is 0 Å². The molecular formula is C47H27N3O2. The first-order valence-corrected chi connectivity index (χ1v) is 17.3. The summed E-state index contributed by atoms with van der Waals surface area (Å²) in [5, 5.41) is 8.64. The third kappa shape index (κ3) is 4.46. The Bertz CT molecular complexity index is 3190. The maximum Gasteiger partial charge on any atom is 0.167 e. The van der Waals surface area contributed by atoms with Crippen LogP contribution in [0.2, 0.25) is 0 Å². The normalized spacial score (nSPS) is 11.8. The van der Waals surface area contributed by atoms with Gasteiger partial charge in [-0.15, -0.1) is 0 Å². The highest BCUT2D eigenvalue weighted by Crippen LogP contribution is 2.44. The molecule has 0 unspecified atom stereocenters. The molecule has 52 heavy (non-hydrogen) atoms. The van der Waals surface area contributed by atoms with Gasteiger partial charge in [-0.2, -0.15) is 0 Å². The van der Waals surface area contributed by atoms with Crippen molar-refractivity contribution < 1.29 is 8.83 Å². The van der Waals surface area contributed by atoms with Gasteiger partial charge in [-0.05, 0) is 75.1 Å². The van der Waals surface area contributed by atoms with Gasteiger partial charge in [0.05, 0.1) is 5.56 Å². The van der Waals surface area contributed by atoms with Crippen LogP contribution in [-0.4, -0.2) is 15.0 Å². The predicted octanol–water partition coefficient (Wildman–Crippen LogP) is 12.6. The number of furan rings is 2. The summed E-state index contributed by atoms with van der Waals surface area (Å²) in [5.74, 6) is 1.67. The molecule has 11 rings (SSSR count). The molecule has 11 aromatic rings. The lowest BCUT2D eigenvalue weighted by Gasteiger charge is -2.14. The van der Waals surface area contributed by atoms with Gasteiger partial charge in [0, 0.05) is 32.7 Å². The van der Waals surface area contributed by atoms with E-state index in [0.717, 1.165) is 87.9 Å². The molecule has 3 heterocycles. The Labute approximate surface area is 297 Å². The molecule has 0 N–H and O–H groups in total. The zero-order valence-electron chi connectivity index (χ0n) is 27.7. The number of para-hydroxylation sites is 2. The Morgan fingerprint density at radius 1 is 0.346 bits per heavy atom. The molecule has 0 aliphatic heterocycles. The van der Waals surface area contributed by atoms with Gasteiger partial charge in [0.15, 0.2) is 17.5 Å². The van der Waals surface area contributed by atoms with Crippen molar-refractivity contribution in [2.45, 2.75) is 0 Å². The van der Waals surface area contributed by atoms with Gasteiger partial charge in [0.2, 0.25) is 0 Å². The summed E-state index contributed by atoms with van der Waals surface area (Å²) in [7, 11) is 0. The van der Waals surface area contributed by atoms with Crippen molar-refractivity contribution in [3.05, 3.63) is 164 Å². The molecule has 0 amide bonds. The van der Waals surface area contributed by atoms with E-state index in [2.05, 4.69) is 103 Å². The molecule has 242 valence electrons. The van der Waals surface area contributed by atoms with E-state index in [1.807, 2.05) is 60.7 Å². The van der Waals surface area contributed by atoms with Crippen LogP contribution >= 0.6 is 0 Å². The van der Waals surface area contributed by atoms with Gasteiger partial charge < -0.3 is 8.83 Å². The van der Waals surface area contributed by atoms with Crippen LogP contribution in [0.5, 0.6) is 0 Å². The maximum absolute atomic E-state index is 6.62. The molecule has 0 aliphatic carbocycles. The van der Waals surface area contributed by atoms with Crippen molar-refractivity contribution in [3.63, 3.8) is 0 Å². The first-order chi connectivity index (χ1) is 25.7. The zero-order valence-corrected chi connectivity index (χ0v) is 27.7. The lowest BCUT2D eigenvalue weighted by Crippen LogP contribution is -2.01. The monoisotopic (exact) mass is 665 g/mol. The summed E-state index contributed by atoms with van der Waals surface area (Å²) >= 11 is 0. The van der Waals surface area contributed by atoms with Crippen molar-refractivity contribution in [1.29, 1.82) is 0 Å². The topological polar surface area (TPSA) is 65.0 Å². The SMILES string of the molecule is c1ccc(-c2nc(-c3cccc4c3oc3ccccc34)nc(-c3c(-c4ccc5ccccc5c4)ccc4oc5cc6ccccc6cc5c34)n2)cc1. The molecule has 0 fully saturated rings. The van der Waals surface area contributed by atoms with Crippen LogP contribution in [-0.2, 0) is 0 Å². The summed E-state index contributed by atoms with van der Waals surface area (Å²) in [6.45, 7) is 0. The second-order valence-electron chi connectivity index (χ2n) is 13.2. The summed E-state index contributed by atoms with van der Waals surface area (Å²) in [4.78, 5) is 15.7. The fraction of sp³-hybridized carbons (Fsp3) is 0. The Morgan fingerprint density at radius 2 is 1.04 bits per heavy atom. The number of benzene rings is 8. The van der Waals surface area contributed by atoms with E-state index >= 15 is 0 Å². The summed E-state index contributed by atoms with van der Waals surface area (Å²) in [6, 6.07) is 56.3. The molecule has 3 aromatic heterocycles. The van der Waals surface area contributed by atoms with Crippen LogP contribution in [0.3, 0.4) is 0 Å². The van der Waals surface area contributed by atoms with E-state index in [0.29, 0.717) is 17.5 Å². The second-order valence-corrected chi connectivity index (χ2v) is 13.2. The molecule has 0 saturated carbocycles. The van der Waals surface area contributed by atoms with Crippen LogP contribution in [0.25, 0.3) is 111 Å². The van der Waals surface area contributed by atoms with E-state index in [1.54, 1.807) is 0 Å². The molecule has 0 bridgehead atoms. The largest absolute Gasteiger partial charge is 0.456 e. The number of hydrogen-bond acceptors (Lipinski definition) is 5. The van der Waals surface area contributed by atoms with Crippen molar-refractivity contribution in [2.75, 3.05) is 0 Å². The second kappa shape index (κ2) is 11.2. The molecule has 5 nitrogen and oxygen atoms in total. The minimum atomic E-state index is 0.535. The third-order valence-electron chi connectivity index (χ3n) is 10.1. The summed E-state index contributed by atoms with van der Waals surface area (Å²) in [6.07, 6.45) is 0. The molecule has 0 saturated heterocycles.